The fourth-order valence-electron chi connectivity index (χ4n) is 1.92. The minimum Gasteiger partial charge on any atom is -0.411 e. The lowest BCUT2D eigenvalue weighted by atomic mass is 10.0. The molecule has 0 saturated heterocycles. The van der Waals surface area contributed by atoms with Crippen LogP contribution in [0.15, 0.2) is 46.9 Å². The topological polar surface area (TPSA) is 52.0 Å². The highest BCUT2D eigenvalue weighted by atomic mass is 35.5. The number of fused-ring (bicyclic) bond motifs is 1. The van der Waals surface area contributed by atoms with Gasteiger partial charge in [0.05, 0.1) is 0 Å². The molecule has 0 atom stereocenters. The molecule has 2 aromatic carbocycles. The van der Waals surface area contributed by atoms with Gasteiger partial charge in [0.15, 0.2) is 0 Å². The molecule has 1 aromatic heterocycles. The average molecular weight is 245 g/mol. The Kier molecular flexibility index (Phi) is 2.27. The summed E-state index contributed by atoms with van der Waals surface area (Å²) in [7, 11) is 0. The largest absolute Gasteiger partial charge is 0.411 e. The maximum atomic E-state index is 5.97. The van der Waals surface area contributed by atoms with Gasteiger partial charge in [-0.15, -0.1) is 0 Å². The van der Waals surface area contributed by atoms with Gasteiger partial charge < -0.3 is 10.2 Å². The Balaban J connectivity index is 2.34. The van der Waals surface area contributed by atoms with E-state index in [0.717, 1.165) is 16.3 Å². The van der Waals surface area contributed by atoms with Gasteiger partial charge in [-0.2, -0.15) is 4.98 Å². The standard InChI is InChI=1S/C13H9ClN2O/c14-12-11(16-13(15)17-12)10-7-3-5-8-4-1-2-6-9(8)10/h1-7H,(H2,15,16). The van der Waals surface area contributed by atoms with Crippen molar-refractivity contribution >= 4 is 28.4 Å². The number of hydrogen-bond donors (Lipinski definition) is 1. The zero-order valence-electron chi connectivity index (χ0n) is 8.85. The van der Waals surface area contributed by atoms with Crippen molar-refractivity contribution in [1.82, 2.24) is 4.98 Å². The first-order chi connectivity index (χ1) is 8.25. The van der Waals surface area contributed by atoms with Crippen LogP contribution in [0.3, 0.4) is 0 Å². The molecule has 17 heavy (non-hydrogen) atoms. The summed E-state index contributed by atoms with van der Waals surface area (Å²) >= 11 is 5.97. The summed E-state index contributed by atoms with van der Waals surface area (Å²) in [6.45, 7) is 0. The van der Waals surface area contributed by atoms with E-state index in [1.807, 2.05) is 42.5 Å². The van der Waals surface area contributed by atoms with Gasteiger partial charge in [0.2, 0.25) is 5.22 Å². The quantitative estimate of drug-likeness (QED) is 0.710. The van der Waals surface area contributed by atoms with Crippen molar-refractivity contribution in [2.45, 2.75) is 0 Å². The highest BCUT2D eigenvalue weighted by molar-refractivity contribution is 6.31. The van der Waals surface area contributed by atoms with Crippen LogP contribution in [0, 0.1) is 0 Å². The fourth-order valence-corrected chi connectivity index (χ4v) is 2.14. The molecule has 2 N–H and O–H groups in total. The Labute approximate surface area is 103 Å². The van der Waals surface area contributed by atoms with Crippen LogP contribution in [0.5, 0.6) is 0 Å². The molecule has 0 amide bonds. The van der Waals surface area contributed by atoms with E-state index in [9.17, 15) is 0 Å². The molecule has 0 aliphatic heterocycles. The maximum absolute atomic E-state index is 5.97. The Hall–Kier alpha value is -2.00. The van der Waals surface area contributed by atoms with E-state index in [2.05, 4.69) is 4.98 Å². The fraction of sp³-hybridized carbons (Fsp3) is 0. The Morgan fingerprint density at radius 3 is 2.59 bits per heavy atom. The van der Waals surface area contributed by atoms with Gasteiger partial charge >= 0.3 is 0 Å². The first-order valence-corrected chi connectivity index (χ1v) is 5.53. The lowest BCUT2D eigenvalue weighted by Crippen LogP contribution is -1.85. The highest BCUT2D eigenvalue weighted by Crippen LogP contribution is 2.33. The second-order valence-corrected chi connectivity index (χ2v) is 4.04. The molecule has 0 saturated carbocycles. The van der Waals surface area contributed by atoms with Gasteiger partial charge in [-0.1, -0.05) is 42.5 Å². The number of oxazole rings is 1. The maximum Gasteiger partial charge on any atom is 0.293 e. The summed E-state index contributed by atoms with van der Waals surface area (Å²) in [5.41, 5.74) is 7.01. The second kappa shape index (κ2) is 3.79. The molecule has 84 valence electrons. The molecule has 4 heteroatoms. The molecule has 0 bridgehead atoms. The number of nitrogens with two attached hydrogens (primary N) is 1. The molecule has 3 rings (SSSR count). The van der Waals surface area contributed by atoms with E-state index in [1.54, 1.807) is 0 Å². The van der Waals surface area contributed by atoms with E-state index < -0.39 is 0 Å². The molecule has 0 unspecified atom stereocenters. The Bertz CT molecular complexity index is 685. The molecule has 0 aliphatic carbocycles. The summed E-state index contributed by atoms with van der Waals surface area (Å²) in [4.78, 5) is 4.11. The first-order valence-electron chi connectivity index (χ1n) is 5.15. The van der Waals surface area contributed by atoms with Gasteiger partial charge in [-0.05, 0) is 22.4 Å². The molecule has 0 fully saturated rings. The molecule has 0 spiro atoms. The summed E-state index contributed by atoms with van der Waals surface area (Å²) in [6, 6.07) is 14.1. The second-order valence-electron chi connectivity index (χ2n) is 3.70. The van der Waals surface area contributed by atoms with E-state index >= 15 is 0 Å². The van der Waals surface area contributed by atoms with Crippen molar-refractivity contribution in [3.05, 3.63) is 47.7 Å². The van der Waals surface area contributed by atoms with Gasteiger partial charge in [0.1, 0.15) is 5.69 Å². The van der Waals surface area contributed by atoms with Crippen LogP contribution in [-0.2, 0) is 0 Å². The Morgan fingerprint density at radius 1 is 1.06 bits per heavy atom. The zero-order chi connectivity index (χ0) is 11.8. The lowest BCUT2D eigenvalue weighted by molar-refractivity contribution is 0.583. The molecule has 0 radical (unpaired) electrons. The van der Waals surface area contributed by atoms with Crippen LogP contribution in [-0.4, -0.2) is 4.98 Å². The Morgan fingerprint density at radius 2 is 1.82 bits per heavy atom. The summed E-state index contributed by atoms with van der Waals surface area (Å²) in [6.07, 6.45) is 0. The van der Waals surface area contributed by atoms with Crippen LogP contribution in [0.1, 0.15) is 0 Å². The van der Waals surface area contributed by atoms with Crippen molar-refractivity contribution in [1.29, 1.82) is 0 Å². The number of aromatic nitrogens is 1. The smallest absolute Gasteiger partial charge is 0.293 e. The highest BCUT2D eigenvalue weighted by Gasteiger charge is 2.13. The summed E-state index contributed by atoms with van der Waals surface area (Å²) in [5, 5.41) is 2.42. The molecule has 1 heterocycles. The minimum absolute atomic E-state index is 0.0814. The van der Waals surface area contributed by atoms with Crippen molar-refractivity contribution in [2.75, 3.05) is 5.73 Å². The zero-order valence-corrected chi connectivity index (χ0v) is 9.61. The van der Waals surface area contributed by atoms with Crippen molar-refractivity contribution < 1.29 is 4.42 Å². The van der Waals surface area contributed by atoms with E-state index in [1.165, 1.54) is 0 Å². The third-order valence-electron chi connectivity index (χ3n) is 2.65. The van der Waals surface area contributed by atoms with Crippen molar-refractivity contribution in [3.63, 3.8) is 0 Å². The number of nitrogens with zero attached hydrogens (tertiary/aromatic N) is 1. The average Bonchev–Trinajstić information content (AvgIpc) is 2.68. The number of hydrogen-bond acceptors (Lipinski definition) is 3. The molecule has 0 aliphatic rings. The van der Waals surface area contributed by atoms with Gasteiger partial charge in [0.25, 0.3) is 6.01 Å². The number of rotatable bonds is 1. The van der Waals surface area contributed by atoms with E-state index in [4.69, 9.17) is 21.8 Å². The van der Waals surface area contributed by atoms with Gasteiger partial charge in [0, 0.05) is 5.56 Å². The molecule has 3 aromatic rings. The van der Waals surface area contributed by atoms with Crippen LogP contribution < -0.4 is 5.73 Å². The van der Waals surface area contributed by atoms with Crippen LogP contribution in [0.2, 0.25) is 5.22 Å². The normalized spacial score (nSPS) is 10.9. The number of anilines is 1. The van der Waals surface area contributed by atoms with Crippen molar-refractivity contribution in [2.24, 2.45) is 0 Å². The van der Waals surface area contributed by atoms with Crippen LogP contribution >= 0.6 is 11.6 Å². The van der Waals surface area contributed by atoms with Crippen molar-refractivity contribution in [3.8, 4) is 11.3 Å². The number of halogens is 1. The van der Waals surface area contributed by atoms with E-state index in [-0.39, 0.29) is 11.2 Å². The minimum atomic E-state index is 0.0814. The third kappa shape index (κ3) is 1.65. The molecular weight excluding hydrogens is 236 g/mol. The summed E-state index contributed by atoms with van der Waals surface area (Å²) < 4.78 is 5.05. The van der Waals surface area contributed by atoms with E-state index in [0.29, 0.717) is 5.69 Å². The monoisotopic (exact) mass is 244 g/mol. The lowest BCUT2D eigenvalue weighted by Gasteiger charge is -2.03. The number of benzene rings is 2. The predicted octanol–water partition coefficient (Wildman–Crippen LogP) is 3.73. The van der Waals surface area contributed by atoms with Crippen LogP contribution in [0.25, 0.3) is 22.0 Å². The van der Waals surface area contributed by atoms with Crippen LogP contribution in [0.4, 0.5) is 6.01 Å². The molecular formula is C13H9ClN2O. The van der Waals surface area contributed by atoms with Gasteiger partial charge in [-0.25, -0.2) is 0 Å². The van der Waals surface area contributed by atoms with Gasteiger partial charge in [-0.3, -0.25) is 0 Å². The number of nitrogen functional groups attached to an aromatic ring is 1. The molecule has 3 nitrogen and oxygen atoms in total. The third-order valence-corrected chi connectivity index (χ3v) is 2.90. The predicted molar refractivity (Wildman–Crippen MR) is 68.9 cm³/mol. The summed E-state index contributed by atoms with van der Waals surface area (Å²) in [5.74, 6) is 0. The SMILES string of the molecule is Nc1nc(-c2cccc3ccccc23)c(Cl)o1. The first kappa shape index (κ1) is 10.2.